The molecule has 0 atom stereocenters. The van der Waals surface area contributed by atoms with E-state index in [1.165, 1.54) is 18.3 Å². The number of ketones is 1. The van der Waals surface area contributed by atoms with Crippen molar-refractivity contribution < 1.29 is 14.4 Å². The highest BCUT2D eigenvalue weighted by atomic mass is 32.1. The third kappa shape index (κ3) is 9.67. The van der Waals surface area contributed by atoms with Crippen LogP contribution in [-0.2, 0) is 4.79 Å². The van der Waals surface area contributed by atoms with E-state index >= 15 is 0 Å². The molecule has 1 saturated heterocycles. The van der Waals surface area contributed by atoms with Crippen molar-refractivity contribution in [3.63, 3.8) is 0 Å². The Balaban J connectivity index is 0.816. The lowest BCUT2D eigenvalue weighted by atomic mass is 10.0. The number of pyridine rings is 2. The van der Waals surface area contributed by atoms with Crippen molar-refractivity contribution in [3.05, 3.63) is 85.9 Å². The van der Waals surface area contributed by atoms with E-state index in [1.54, 1.807) is 17.7 Å². The van der Waals surface area contributed by atoms with Crippen molar-refractivity contribution >= 4 is 68.2 Å². The second-order valence-electron chi connectivity index (χ2n) is 16.0. The van der Waals surface area contributed by atoms with E-state index < -0.39 is 0 Å². The summed E-state index contributed by atoms with van der Waals surface area (Å²) in [7, 11) is 0. The number of nitrogens with zero attached hydrogens (tertiary/aromatic N) is 7. The molecule has 1 aromatic carbocycles. The lowest BCUT2D eigenvalue weighted by Crippen LogP contribution is -2.48. The molecule has 60 heavy (non-hydrogen) atoms. The minimum atomic E-state index is -0.276. The zero-order chi connectivity index (χ0) is 42.3. The monoisotopic (exact) mass is 832 g/mol. The lowest BCUT2D eigenvalue weighted by molar-refractivity contribution is -0.131. The quantitative estimate of drug-likeness (QED) is 0.0647. The number of hydrogen-bond donors (Lipinski definition) is 3. The van der Waals surface area contributed by atoms with Gasteiger partial charge in [-0.1, -0.05) is 38.2 Å². The van der Waals surface area contributed by atoms with Crippen LogP contribution < -0.4 is 26.4 Å². The van der Waals surface area contributed by atoms with E-state index in [0.29, 0.717) is 58.6 Å². The van der Waals surface area contributed by atoms with Crippen LogP contribution in [0.3, 0.4) is 0 Å². The number of aryl methyl sites for hydroxylation is 3. The molecule has 1 saturated carbocycles. The summed E-state index contributed by atoms with van der Waals surface area (Å²) in [6.45, 7) is 12.8. The summed E-state index contributed by atoms with van der Waals surface area (Å²) in [6, 6.07) is 9.66. The largest absolute Gasteiger partial charge is 0.385 e. The Morgan fingerprint density at radius 2 is 1.60 bits per heavy atom. The molecule has 7 rings (SSSR count). The number of fused-ring (bicyclic) bond motifs is 1. The molecule has 4 aromatic heterocycles. The number of aromatic nitrogens is 5. The number of carbonyl (C=O) groups excluding carboxylic acids is 3. The van der Waals surface area contributed by atoms with Crippen molar-refractivity contribution in [2.24, 2.45) is 0 Å². The number of piperazine rings is 1. The summed E-state index contributed by atoms with van der Waals surface area (Å²) in [5.74, 6) is 0.738. The van der Waals surface area contributed by atoms with Gasteiger partial charge < -0.3 is 20.4 Å². The van der Waals surface area contributed by atoms with Crippen molar-refractivity contribution in [1.29, 1.82) is 0 Å². The van der Waals surface area contributed by atoms with E-state index in [1.807, 2.05) is 62.2 Å². The zero-order valence-corrected chi connectivity index (χ0v) is 36.2. The molecule has 0 bridgehead atoms. The summed E-state index contributed by atoms with van der Waals surface area (Å²) in [4.78, 5) is 75.7. The summed E-state index contributed by atoms with van der Waals surface area (Å²) < 4.78 is 1.71. The molecule has 1 aliphatic carbocycles. The van der Waals surface area contributed by atoms with Gasteiger partial charge in [-0.3, -0.25) is 29.1 Å². The van der Waals surface area contributed by atoms with E-state index in [-0.39, 0.29) is 34.8 Å². The number of benzene rings is 1. The van der Waals surface area contributed by atoms with Gasteiger partial charge in [0, 0.05) is 72.9 Å². The van der Waals surface area contributed by atoms with Crippen LogP contribution in [0.1, 0.15) is 120 Å². The first-order valence-corrected chi connectivity index (χ1v) is 22.1. The Hall–Kier alpha value is -5.70. The number of rotatable bonds is 16. The van der Waals surface area contributed by atoms with Crippen LogP contribution >= 0.6 is 11.3 Å². The molecule has 3 N–H and O–H groups in total. The molecule has 0 spiro atoms. The molecule has 316 valence electrons. The van der Waals surface area contributed by atoms with Crippen molar-refractivity contribution in [3.8, 4) is 0 Å². The van der Waals surface area contributed by atoms with Crippen LogP contribution in [0.5, 0.6) is 0 Å². The maximum absolute atomic E-state index is 13.6. The van der Waals surface area contributed by atoms with E-state index in [0.717, 1.165) is 105 Å². The van der Waals surface area contributed by atoms with E-state index in [9.17, 15) is 19.2 Å². The van der Waals surface area contributed by atoms with Crippen LogP contribution in [-0.4, -0.2) is 79.7 Å². The van der Waals surface area contributed by atoms with Crippen molar-refractivity contribution in [2.75, 3.05) is 53.6 Å². The predicted molar refractivity (Wildman–Crippen MR) is 239 cm³/mol. The number of nitrogens with one attached hydrogen (secondary N) is 3. The molecule has 1 aliphatic heterocycles. The summed E-state index contributed by atoms with van der Waals surface area (Å²) >= 11 is 1.49. The molecule has 0 radical (unpaired) electrons. The number of carbonyl (C=O) groups is 3. The van der Waals surface area contributed by atoms with Gasteiger partial charge in [0.2, 0.25) is 11.9 Å². The van der Waals surface area contributed by atoms with Gasteiger partial charge in [0.05, 0.1) is 23.1 Å². The third-order valence-electron chi connectivity index (χ3n) is 11.9. The fraction of sp³-hybridized carbons (Fsp3) is 0.467. The molecule has 14 nitrogen and oxygen atoms in total. The fourth-order valence-corrected chi connectivity index (χ4v) is 9.17. The van der Waals surface area contributed by atoms with Gasteiger partial charge in [-0.05, 0) is 95.7 Å². The topological polar surface area (TPSA) is 167 Å². The SMILES string of the molecule is CC(=O)c1c(C)c2cnc(Nc3ccc(N4CCN(C(=O)CCCCCCCNc5cccc(C(=O)Nc6nc(C)c(C)s6)c5C)CC4)cn3)nc2n(C2CCCC2)c1=O. The highest BCUT2D eigenvalue weighted by Crippen LogP contribution is 2.32. The smallest absolute Gasteiger partial charge is 0.263 e. The highest BCUT2D eigenvalue weighted by molar-refractivity contribution is 7.15. The normalized spacial score (nSPS) is 14.5. The van der Waals surface area contributed by atoms with Crippen LogP contribution in [0, 0.1) is 27.7 Å². The van der Waals surface area contributed by atoms with Crippen LogP contribution in [0.15, 0.2) is 47.5 Å². The summed E-state index contributed by atoms with van der Waals surface area (Å²) in [5.41, 5.74) is 5.53. The second-order valence-corrected chi connectivity index (χ2v) is 17.2. The van der Waals surface area contributed by atoms with Gasteiger partial charge in [-0.15, -0.1) is 11.3 Å². The number of unbranched alkanes of at least 4 members (excludes halogenated alkanes) is 4. The first kappa shape index (κ1) is 42.4. The van der Waals surface area contributed by atoms with Gasteiger partial charge in [-0.2, -0.15) is 4.98 Å². The molecule has 2 aliphatic rings. The predicted octanol–water partition coefficient (Wildman–Crippen LogP) is 8.29. The van der Waals surface area contributed by atoms with Gasteiger partial charge in [0.15, 0.2) is 10.9 Å². The minimum Gasteiger partial charge on any atom is -0.385 e. The van der Waals surface area contributed by atoms with E-state index in [4.69, 9.17) is 4.98 Å². The Kier molecular flexibility index (Phi) is 13.5. The second kappa shape index (κ2) is 19.1. The lowest BCUT2D eigenvalue weighted by Gasteiger charge is -2.36. The third-order valence-corrected chi connectivity index (χ3v) is 12.9. The van der Waals surface area contributed by atoms with Gasteiger partial charge >= 0.3 is 0 Å². The van der Waals surface area contributed by atoms with Crippen LogP contribution in [0.2, 0.25) is 0 Å². The van der Waals surface area contributed by atoms with E-state index in [2.05, 4.69) is 35.8 Å². The number of hydrogen-bond acceptors (Lipinski definition) is 12. The maximum atomic E-state index is 13.6. The number of anilines is 5. The molecular formula is C45H56N10O4S. The van der Waals surface area contributed by atoms with Gasteiger partial charge in [0.1, 0.15) is 11.5 Å². The Morgan fingerprint density at radius 1 is 0.850 bits per heavy atom. The molecule has 0 unspecified atom stereocenters. The molecule has 15 heteroatoms. The zero-order valence-electron chi connectivity index (χ0n) is 35.4. The molecule has 2 amide bonds. The average molecular weight is 833 g/mol. The summed E-state index contributed by atoms with van der Waals surface area (Å²) in [6.07, 6.45) is 13.0. The Labute approximate surface area is 355 Å². The minimum absolute atomic E-state index is 0.00746. The number of Topliss-reactive ketones (excluding diaryl/α,β-unsaturated/α-hetero) is 1. The number of amides is 2. The number of thiazole rings is 1. The maximum Gasteiger partial charge on any atom is 0.263 e. The fourth-order valence-electron chi connectivity index (χ4n) is 8.36. The first-order valence-electron chi connectivity index (χ1n) is 21.3. The van der Waals surface area contributed by atoms with Crippen LogP contribution in [0.25, 0.3) is 11.0 Å². The molecule has 5 heterocycles. The summed E-state index contributed by atoms with van der Waals surface area (Å²) in [5, 5.41) is 11.0. The standard InChI is InChI=1S/C45H56N10O4S/c1-28-35(42(58)52-45-49-30(3)32(5)60-45)16-13-17-37(28)46-21-12-8-6-7-9-18-39(57)54-24-22-53(23-25-54)34-19-20-38(47-26-34)50-44-48-27-36-29(2)40(31(4)56)43(59)55(41(36)51-44)33-14-10-11-15-33/h13,16-17,19-20,26-27,33,46H,6-12,14-15,18,21-25H2,1-5H3,(H,49,52,58)(H,47,48,50,51). The Bertz CT molecular complexity index is 2390. The molecule has 2 fully saturated rings. The average Bonchev–Trinajstić information content (AvgIpc) is 3.88. The van der Waals surface area contributed by atoms with Gasteiger partial charge in [-0.25, -0.2) is 15.0 Å². The Morgan fingerprint density at radius 3 is 2.30 bits per heavy atom. The van der Waals surface area contributed by atoms with Gasteiger partial charge in [0.25, 0.3) is 11.5 Å². The molecular weight excluding hydrogens is 777 g/mol. The first-order chi connectivity index (χ1) is 29.0. The van der Waals surface area contributed by atoms with Crippen molar-refractivity contribution in [2.45, 2.75) is 105 Å². The molecule has 5 aromatic rings. The highest BCUT2D eigenvalue weighted by Gasteiger charge is 2.26. The van der Waals surface area contributed by atoms with Crippen LogP contribution in [0.4, 0.5) is 28.3 Å². The van der Waals surface area contributed by atoms with Crippen molar-refractivity contribution in [1.82, 2.24) is 29.4 Å².